The van der Waals surface area contributed by atoms with Crippen molar-refractivity contribution in [3.63, 3.8) is 0 Å². The summed E-state index contributed by atoms with van der Waals surface area (Å²) in [7, 11) is 0. The van der Waals surface area contributed by atoms with Crippen LogP contribution in [0.1, 0.15) is 44.2 Å². The number of aryl methyl sites for hydroxylation is 1. The molecule has 0 amide bonds. The first-order valence-electron chi connectivity index (χ1n) is 6.75. The van der Waals surface area contributed by atoms with Crippen LogP contribution in [0, 0.1) is 5.92 Å². The first-order valence-corrected chi connectivity index (χ1v) is 6.75. The Hall–Kier alpha value is -1.24. The summed E-state index contributed by atoms with van der Waals surface area (Å²) in [5.41, 5.74) is 2.60. The minimum atomic E-state index is 0.721. The predicted molar refractivity (Wildman–Crippen MR) is 72.8 cm³/mol. The molecule has 1 heterocycles. The molecule has 0 aliphatic carbocycles. The first-order chi connectivity index (χ1) is 8.33. The Kier molecular flexibility index (Phi) is 4.24. The molecule has 0 spiro atoms. The molecule has 1 nitrogen and oxygen atoms in total. The van der Waals surface area contributed by atoms with Crippen LogP contribution >= 0.6 is 0 Å². The van der Waals surface area contributed by atoms with Crippen LogP contribution in [-0.4, -0.2) is 6.61 Å². The highest BCUT2D eigenvalue weighted by Crippen LogP contribution is 2.26. The van der Waals surface area contributed by atoms with E-state index in [9.17, 15) is 0 Å². The highest BCUT2D eigenvalue weighted by Gasteiger charge is 2.15. The topological polar surface area (TPSA) is 9.23 Å². The van der Waals surface area contributed by atoms with E-state index in [1.165, 1.54) is 30.4 Å². The quantitative estimate of drug-likeness (QED) is 0.743. The molecule has 2 rings (SSSR count). The minimum Gasteiger partial charge on any atom is -0.493 e. The van der Waals surface area contributed by atoms with Crippen LogP contribution in [0.4, 0.5) is 0 Å². The highest BCUT2D eigenvalue weighted by atomic mass is 16.5. The van der Waals surface area contributed by atoms with Crippen molar-refractivity contribution in [2.45, 2.75) is 39.5 Å². The maximum Gasteiger partial charge on any atom is 0.122 e. The number of benzene rings is 1. The second kappa shape index (κ2) is 5.90. The molecular weight excluding hydrogens is 208 g/mol. The molecule has 1 aromatic rings. The molecule has 1 heteroatoms. The smallest absolute Gasteiger partial charge is 0.122 e. The number of ether oxygens (including phenoxy) is 1. The summed E-state index contributed by atoms with van der Waals surface area (Å²) >= 11 is 0. The second-order valence-corrected chi connectivity index (χ2v) is 4.82. The zero-order valence-corrected chi connectivity index (χ0v) is 10.9. The molecule has 1 aliphatic rings. The van der Waals surface area contributed by atoms with E-state index < -0.39 is 0 Å². The molecule has 1 atom stereocenters. The lowest BCUT2D eigenvalue weighted by atomic mass is 9.97. The van der Waals surface area contributed by atoms with Crippen molar-refractivity contribution in [1.82, 2.24) is 0 Å². The second-order valence-electron chi connectivity index (χ2n) is 4.82. The summed E-state index contributed by atoms with van der Waals surface area (Å²) < 4.78 is 5.86. The Morgan fingerprint density at radius 3 is 2.47 bits per heavy atom. The van der Waals surface area contributed by atoms with Crippen LogP contribution in [0.25, 0.3) is 5.76 Å². The normalized spacial score (nSPS) is 19.6. The van der Waals surface area contributed by atoms with Crippen LogP contribution in [0.5, 0.6) is 0 Å². The van der Waals surface area contributed by atoms with Crippen LogP contribution in [0.2, 0.25) is 0 Å². The van der Waals surface area contributed by atoms with Gasteiger partial charge in [-0.15, -0.1) is 0 Å². The van der Waals surface area contributed by atoms with Gasteiger partial charge in [0.05, 0.1) is 6.61 Å². The van der Waals surface area contributed by atoms with Gasteiger partial charge in [-0.3, -0.25) is 0 Å². The largest absolute Gasteiger partial charge is 0.493 e. The van der Waals surface area contributed by atoms with Crippen molar-refractivity contribution in [1.29, 1.82) is 0 Å². The van der Waals surface area contributed by atoms with Gasteiger partial charge in [-0.1, -0.05) is 44.5 Å². The Balaban J connectivity index is 2.03. The monoisotopic (exact) mass is 230 g/mol. The third-order valence-electron chi connectivity index (χ3n) is 3.45. The number of hydrogen-bond acceptors (Lipinski definition) is 1. The Morgan fingerprint density at radius 2 is 1.94 bits per heavy atom. The third-order valence-corrected chi connectivity index (χ3v) is 3.45. The first kappa shape index (κ1) is 12.2. The standard InChI is InChI=1S/C16H22O/c1-3-5-14-8-11-16(17-12-14)15-9-6-13(4-2)7-10-15/h6-7,9-11,14H,3-5,8,12H2,1-2H3. The van der Waals surface area contributed by atoms with Gasteiger partial charge in [0.15, 0.2) is 0 Å². The van der Waals surface area contributed by atoms with E-state index >= 15 is 0 Å². The van der Waals surface area contributed by atoms with Crippen LogP contribution in [0.15, 0.2) is 30.3 Å². The van der Waals surface area contributed by atoms with Gasteiger partial charge in [0.25, 0.3) is 0 Å². The van der Waals surface area contributed by atoms with Crippen molar-refractivity contribution in [2.24, 2.45) is 5.92 Å². The molecule has 92 valence electrons. The van der Waals surface area contributed by atoms with Gasteiger partial charge in [-0.2, -0.15) is 0 Å². The van der Waals surface area contributed by atoms with E-state index in [4.69, 9.17) is 4.74 Å². The summed E-state index contributed by atoms with van der Waals surface area (Å²) in [6, 6.07) is 8.73. The number of allylic oxidation sites excluding steroid dienone is 1. The molecule has 1 aliphatic heterocycles. The van der Waals surface area contributed by atoms with Gasteiger partial charge in [0.1, 0.15) is 5.76 Å². The summed E-state index contributed by atoms with van der Waals surface area (Å²) in [4.78, 5) is 0. The molecule has 0 radical (unpaired) electrons. The molecule has 1 aromatic carbocycles. The van der Waals surface area contributed by atoms with E-state index in [0.717, 1.165) is 24.7 Å². The van der Waals surface area contributed by atoms with Crippen molar-refractivity contribution in [3.8, 4) is 0 Å². The van der Waals surface area contributed by atoms with Crippen molar-refractivity contribution >= 4 is 5.76 Å². The summed E-state index contributed by atoms with van der Waals surface area (Å²) in [5.74, 6) is 1.79. The Morgan fingerprint density at radius 1 is 1.18 bits per heavy atom. The van der Waals surface area contributed by atoms with Crippen molar-refractivity contribution in [3.05, 3.63) is 41.5 Å². The molecule has 0 N–H and O–H groups in total. The zero-order valence-electron chi connectivity index (χ0n) is 10.9. The average molecular weight is 230 g/mol. The maximum atomic E-state index is 5.86. The fourth-order valence-electron chi connectivity index (χ4n) is 2.32. The maximum absolute atomic E-state index is 5.86. The lowest BCUT2D eigenvalue weighted by molar-refractivity contribution is 0.193. The average Bonchev–Trinajstić information content (AvgIpc) is 2.40. The molecule has 0 aromatic heterocycles. The third kappa shape index (κ3) is 3.12. The minimum absolute atomic E-state index is 0.721. The molecule has 0 bridgehead atoms. The van der Waals surface area contributed by atoms with E-state index in [1.807, 2.05) is 0 Å². The number of hydrogen-bond donors (Lipinski definition) is 0. The molecule has 1 unspecified atom stereocenters. The predicted octanol–water partition coefficient (Wildman–Crippen LogP) is 4.43. The van der Waals surface area contributed by atoms with Gasteiger partial charge in [0.2, 0.25) is 0 Å². The van der Waals surface area contributed by atoms with Gasteiger partial charge in [-0.05, 0) is 36.8 Å². The Bertz CT molecular complexity index is 375. The summed E-state index contributed by atoms with van der Waals surface area (Å²) in [6.45, 7) is 5.30. The fourth-order valence-corrected chi connectivity index (χ4v) is 2.32. The van der Waals surface area contributed by atoms with Crippen molar-refractivity contribution in [2.75, 3.05) is 6.61 Å². The number of rotatable bonds is 4. The lowest BCUT2D eigenvalue weighted by Gasteiger charge is -2.22. The van der Waals surface area contributed by atoms with Crippen molar-refractivity contribution < 1.29 is 4.74 Å². The van der Waals surface area contributed by atoms with Crippen LogP contribution in [0.3, 0.4) is 0 Å². The lowest BCUT2D eigenvalue weighted by Crippen LogP contribution is -2.13. The summed E-state index contributed by atoms with van der Waals surface area (Å²) in [6.07, 6.45) is 7.04. The molecule has 0 saturated heterocycles. The van der Waals surface area contributed by atoms with Gasteiger partial charge in [-0.25, -0.2) is 0 Å². The molecular formula is C16H22O. The zero-order chi connectivity index (χ0) is 12.1. The molecule has 0 fully saturated rings. The van der Waals surface area contributed by atoms with E-state index in [2.05, 4.69) is 44.2 Å². The Labute approximate surface area is 104 Å². The SMILES string of the molecule is CCCC1CC=C(c2ccc(CC)cc2)OC1. The van der Waals surface area contributed by atoms with Crippen LogP contribution in [-0.2, 0) is 11.2 Å². The van der Waals surface area contributed by atoms with E-state index in [-0.39, 0.29) is 0 Å². The fraction of sp³-hybridized carbons (Fsp3) is 0.500. The molecule has 0 saturated carbocycles. The highest BCUT2D eigenvalue weighted by molar-refractivity contribution is 5.60. The van der Waals surface area contributed by atoms with Gasteiger partial charge in [0, 0.05) is 5.56 Å². The van der Waals surface area contributed by atoms with Gasteiger partial charge >= 0.3 is 0 Å². The van der Waals surface area contributed by atoms with E-state index in [0.29, 0.717) is 0 Å². The summed E-state index contributed by atoms with van der Waals surface area (Å²) in [5, 5.41) is 0. The van der Waals surface area contributed by atoms with Gasteiger partial charge < -0.3 is 4.74 Å². The molecule has 17 heavy (non-hydrogen) atoms. The van der Waals surface area contributed by atoms with Crippen LogP contribution < -0.4 is 0 Å². The van der Waals surface area contributed by atoms with E-state index in [1.54, 1.807) is 0 Å².